The zero-order chi connectivity index (χ0) is 9.68. The second-order valence-electron chi connectivity index (χ2n) is 2.26. The van der Waals surface area contributed by atoms with Gasteiger partial charge in [-0.05, 0) is 17.7 Å². The Hall–Kier alpha value is -2.02. The fourth-order valence-electron chi connectivity index (χ4n) is 0.823. The predicted molar refractivity (Wildman–Crippen MR) is 45.7 cm³/mol. The summed E-state index contributed by atoms with van der Waals surface area (Å²) in [6.07, 6.45) is 0.533. The molecule has 0 aromatic heterocycles. The van der Waals surface area contributed by atoms with Crippen molar-refractivity contribution in [2.45, 2.75) is 0 Å². The molecule has 0 aliphatic rings. The maximum absolute atomic E-state index is 10.3. The van der Waals surface area contributed by atoms with E-state index in [0.29, 0.717) is 5.75 Å². The van der Waals surface area contributed by atoms with Gasteiger partial charge < -0.3 is 10.5 Å². The van der Waals surface area contributed by atoms with E-state index in [4.69, 9.17) is 11.0 Å². The molecule has 4 heteroatoms. The van der Waals surface area contributed by atoms with E-state index in [2.05, 4.69) is 4.74 Å². The van der Waals surface area contributed by atoms with Gasteiger partial charge in [0.25, 0.3) is 0 Å². The maximum Gasteiger partial charge on any atom is 0.409 e. The zero-order valence-corrected chi connectivity index (χ0v) is 6.73. The Balaban J connectivity index is 2.70. The van der Waals surface area contributed by atoms with Crippen molar-refractivity contribution in [1.29, 1.82) is 5.26 Å². The van der Waals surface area contributed by atoms with E-state index in [1.165, 1.54) is 6.42 Å². The van der Waals surface area contributed by atoms with Crippen LogP contribution in [0, 0.1) is 17.8 Å². The van der Waals surface area contributed by atoms with Crippen LogP contribution in [0.15, 0.2) is 24.3 Å². The number of carbonyl (C=O) groups is 1. The summed E-state index contributed by atoms with van der Waals surface area (Å²) in [5, 5.41) is 8.32. The van der Waals surface area contributed by atoms with Gasteiger partial charge in [0.1, 0.15) is 5.75 Å². The highest BCUT2D eigenvalue weighted by Gasteiger charge is 1.98. The average Bonchev–Trinajstić information content (AvgIpc) is 2.08. The van der Waals surface area contributed by atoms with Crippen LogP contribution in [0.1, 0.15) is 5.56 Å². The Morgan fingerprint density at radius 3 is 2.54 bits per heavy atom. The number of amides is 1. The van der Waals surface area contributed by atoms with Crippen molar-refractivity contribution in [1.82, 2.24) is 0 Å². The molecule has 1 rings (SSSR count). The largest absolute Gasteiger partial charge is 0.411 e. The number of primary amides is 1. The van der Waals surface area contributed by atoms with E-state index in [0.717, 1.165) is 5.56 Å². The summed E-state index contributed by atoms with van der Waals surface area (Å²) in [6.45, 7) is 0. The normalized spacial score (nSPS) is 8.85. The molecule has 0 bridgehead atoms. The molecule has 0 unspecified atom stereocenters. The average molecular weight is 175 g/mol. The number of nitriles is 1. The highest BCUT2D eigenvalue weighted by atomic mass is 16.5. The van der Waals surface area contributed by atoms with Gasteiger partial charge in [0.05, 0.1) is 12.5 Å². The van der Waals surface area contributed by atoms with Gasteiger partial charge in [0, 0.05) is 0 Å². The second-order valence-corrected chi connectivity index (χ2v) is 2.26. The Bertz CT molecular complexity index is 338. The van der Waals surface area contributed by atoms with E-state index in [1.54, 1.807) is 24.3 Å². The van der Waals surface area contributed by atoms with Crippen molar-refractivity contribution in [3.8, 4) is 11.8 Å². The molecular weight excluding hydrogens is 168 g/mol. The summed E-state index contributed by atoms with van der Waals surface area (Å²) in [4.78, 5) is 10.3. The van der Waals surface area contributed by atoms with Crippen LogP contribution in [0.3, 0.4) is 0 Å². The van der Waals surface area contributed by atoms with Crippen molar-refractivity contribution in [2.24, 2.45) is 5.73 Å². The second kappa shape index (κ2) is 4.12. The Morgan fingerprint density at radius 1 is 1.46 bits per heavy atom. The monoisotopic (exact) mass is 175 g/mol. The minimum atomic E-state index is -0.850. The van der Waals surface area contributed by atoms with Crippen molar-refractivity contribution in [3.63, 3.8) is 0 Å². The highest BCUT2D eigenvalue weighted by molar-refractivity contribution is 5.68. The van der Waals surface area contributed by atoms with Crippen molar-refractivity contribution < 1.29 is 9.53 Å². The predicted octanol–water partition coefficient (Wildman–Crippen LogP) is 1.22. The van der Waals surface area contributed by atoms with Gasteiger partial charge in [-0.2, -0.15) is 5.26 Å². The van der Waals surface area contributed by atoms with Crippen molar-refractivity contribution in [2.75, 3.05) is 0 Å². The van der Waals surface area contributed by atoms with E-state index < -0.39 is 6.09 Å². The highest BCUT2D eigenvalue weighted by Crippen LogP contribution is 2.12. The summed E-state index contributed by atoms with van der Waals surface area (Å²) in [5.74, 6) is 0.364. The topological polar surface area (TPSA) is 76.1 Å². The summed E-state index contributed by atoms with van der Waals surface area (Å²) >= 11 is 0. The van der Waals surface area contributed by atoms with E-state index in [1.807, 2.05) is 6.07 Å². The van der Waals surface area contributed by atoms with Gasteiger partial charge in [-0.1, -0.05) is 12.1 Å². The number of hydrogen-bond acceptors (Lipinski definition) is 3. The molecule has 0 saturated heterocycles. The first kappa shape index (κ1) is 9.07. The Kier molecular flexibility index (Phi) is 2.87. The molecule has 0 fully saturated rings. The van der Waals surface area contributed by atoms with Gasteiger partial charge in [-0.25, -0.2) is 4.79 Å². The lowest BCUT2D eigenvalue weighted by Crippen LogP contribution is -2.16. The Morgan fingerprint density at radius 2 is 2.08 bits per heavy atom. The fourth-order valence-corrected chi connectivity index (χ4v) is 0.823. The lowest BCUT2D eigenvalue weighted by atomic mass is 10.2. The summed E-state index contributed by atoms with van der Waals surface area (Å²) in [7, 11) is 0. The molecule has 65 valence electrons. The lowest BCUT2D eigenvalue weighted by molar-refractivity contribution is 0.211. The zero-order valence-electron chi connectivity index (χ0n) is 6.73. The first-order chi connectivity index (χ1) is 6.22. The van der Waals surface area contributed by atoms with Crippen LogP contribution in [0.5, 0.6) is 5.75 Å². The number of benzene rings is 1. The first-order valence-corrected chi connectivity index (χ1v) is 3.52. The first-order valence-electron chi connectivity index (χ1n) is 3.52. The van der Waals surface area contributed by atoms with E-state index in [-0.39, 0.29) is 0 Å². The molecule has 0 atom stereocenters. The molecule has 0 saturated carbocycles. The SMILES string of the molecule is N#C[CH]c1ccc(OC(N)=O)cc1. The molecule has 1 radical (unpaired) electrons. The van der Waals surface area contributed by atoms with Gasteiger partial charge in [0.2, 0.25) is 0 Å². The summed E-state index contributed by atoms with van der Waals surface area (Å²) in [6, 6.07) is 8.32. The van der Waals surface area contributed by atoms with Gasteiger partial charge >= 0.3 is 6.09 Å². The third-order valence-electron chi connectivity index (χ3n) is 1.33. The third-order valence-corrected chi connectivity index (χ3v) is 1.33. The van der Waals surface area contributed by atoms with Crippen LogP contribution in [0.25, 0.3) is 0 Å². The Labute approximate surface area is 75.5 Å². The number of ether oxygens (including phenoxy) is 1. The van der Waals surface area contributed by atoms with E-state index >= 15 is 0 Å². The smallest absolute Gasteiger partial charge is 0.409 e. The van der Waals surface area contributed by atoms with Gasteiger partial charge in [-0.3, -0.25) is 0 Å². The van der Waals surface area contributed by atoms with Crippen LogP contribution in [0.4, 0.5) is 4.79 Å². The summed E-state index contributed by atoms with van der Waals surface area (Å²) in [5.41, 5.74) is 5.55. The van der Waals surface area contributed by atoms with Crippen LogP contribution >= 0.6 is 0 Å². The fraction of sp³-hybridized carbons (Fsp3) is 0. The minimum absolute atomic E-state index is 0.364. The number of carbonyl (C=O) groups excluding carboxylic acids is 1. The quantitative estimate of drug-likeness (QED) is 0.734. The van der Waals surface area contributed by atoms with Crippen molar-refractivity contribution in [3.05, 3.63) is 36.2 Å². The molecular formula is C9H7N2O2. The lowest BCUT2D eigenvalue weighted by Gasteiger charge is -2.00. The molecule has 1 amide bonds. The minimum Gasteiger partial charge on any atom is -0.411 e. The van der Waals surface area contributed by atoms with Crippen molar-refractivity contribution >= 4 is 6.09 Å². The van der Waals surface area contributed by atoms with Gasteiger partial charge in [0.15, 0.2) is 0 Å². The molecule has 1 aromatic rings. The molecule has 2 N–H and O–H groups in total. The number of nitrogens with two attached hydrogens (primary N) is 1. The molecule has 0 aliphatic heterocycles. The third kappa shape index (κ3) is 2.83. The number of nitrogens with zero attached hydrogens (tertiary/aromatic N) is 1. The molecule has 4 nitrogen and oxygen atoms in total. The summed E-state index contributed by atoms with van der Waals surface area (Å²) < 4.78 is 4.59. The molecule has 1 aromatic carbocycles. The van der Waals surface area contributed by atoms with Crippen LogP contribution in [-0.2, 0) is 0 Å². The molecule has 13 heavy (non-hydrogen) atoms. The van der Waals surface area contributed by atoms with Crippen LogP contribution < -0.4 is 10.5 Å². The number of hydrogen-bond donors (Lipinski definition) is 1. The molecule has 0 heterocycles. The van der Waals surface area contributed by atoms with Gasteiger partial charge in [-0.15, -0.1) is 0 Å². The molecule has 0 aliphatic carbocycles. The number of rotatable bonds is 2. The molecule has 0 spiro atoms. The maximum atomic E-state index is 10.3. The van der Waals surface area contributed by atoms with Crippen LogP contribution in [-0.4, -0.2) is 6.09 Å². The standard InChI is InChI=1S/C9H7N2O2/c10-6-5-7-1-3-8(4-2-7)13-9(11)12/h1-5H,(H2,11,12). The van der Waals surface area contributed by atoms with E-state index in [9.17, 15) is 4.79 Å². The van der Waals surface area contributed by atoms with Crippen LogP contribution in [0.2, 0.25) is 0 Å².